The van der Waals surface area contributed by atoms with Crippen LogP contribution in [0.3, 0.4) is 0 Å². The summed E-state index contributed by atoms with van der Waals surface area (Å²) in [6, 6.07) is 11.0. The molecule has 10 heteroatoms. The van der Waals surface area contributed by atoms with Gasteiger partial charge in [-0.2, -0.15) is 8.78 Å². The van der Waals surface area contributed by atoms with Crippen molar-refractivity contribution in [3.05, 3.63) is 54.1 Å². The minimum atomic E-state index is -3.73. The summed E-state index contributed by atoms with van der Waals surface area (Å²) >= 11 is 0. The third kappa shape index (κ3) is 4.70. The minimum Gasteiger partial charge on any atom is -0.435 e. The van der Waals surface area contributed by atoms with Crippen molar-refractivity contribution in [2.24, 2.45) is 10.9 Å². The minimum absolute atomic E-state index is 0.0873. The number of anilines is 1. The molecular weight excluding hydrogens is 404 g/mol. The van der Waals surface area contributed by atoms with Gasteiger partial charge in [0.1, 0.15) is 17.6 Å². The van der Waals surface area contributed by atoms with Crippen molar-refractivity contribution in [1.82, 2.24) is 4.72 Å². The van der Waals surface area contributed by atoms with Crippen LogP contribution in [-0.4, -0.2) is 32.8 Å². The van der Waals surface area contributed by atoms with Crippen LogP contribution in [0, 0.1) is 5.92 Å². The van der Waals surface area contributed by atoms with Crippen LogP contribution in [0.25, 0.3) is 0 Å². The van der Waals surface area contributed by atoms with Gasteiger partial charge in [-0.25, -0.2) is 8.42 Å². The number of alkyl halides is 2. The lowest BCUT2D eigenvalue weighted by atomic mass is 10.0. The fourth-order valence-corrected chi connectivity index (χ4v) is 4.08. The quantitative estimate of drug-likeness (QED) is 0.747. The van der Waals surface area contributed by atoms with E-state index in [1.807, 2.05) is 0 Å². The molecule has 0 aromatic heterocycles. The maximum absolute atomic E-state index is 12.8. The maximum atomic E-state index is 12.8. The Balaban J connectivity index is 1.86. The summed E-state index contributed by atoms with van der Waals surface area (Å²) in [7, 11) is -3.73. The van der Waals surface area contributed by atoms with Crippen molar-refractivity contribution in [3.63, 3.8) is 0 Å². The molecule has 0 bridgehead atoms. The molecule has 2 N–H and O–H groups in total. The van der Waals surface area contributed by atoms with Crippen LogP contribution in [0.5, 0.6) is 5.75 Å². The van der Waals surface area contributed by atoms with Gasteiger partial charge in [-0.3, -0.25) is 14.5 Å². The molecule has 0 unspecified atom stereocenters. The molecule has 0 spiro atoms. The van der Waals surface area contributed by atoms with E-state index in [1.165, 1.54) is 30.3 Å². The van der Waals surface area contributed by atoms with Crippen LogP contribution in [0.4, 0.5) is 14.5 Å². The summed E-state index contributed by atoms with van der Waals surface area (Å²) in [5.74, 6) is -0.780. The number of amidine groups is 1. The Morgan fingerprint density at radius 2 is 1.86 bits per heavy atom. The second kappa shape index (κ2) is 8.16. The van der Waals surface area contributed by atoms with E-state index < -0.39 is 28.6 Å². The predicted octanol–water partition coefficient (Wildman–Crippen LogP) is 2.99. The average molecular weight is 423 g/mol. The van der Waals surface area contributed by atoms with E-state index >= 15 is 0 Å². The Morgan fingerprint density at radius 3 is 2.55 bits per heavy atom. The molecule has 1 amide bonds. The molecule has 154 valence electrons. The maximum Gasteiger partial charge on any atom is 0.387 e. The molecule has 1 aliphatic heterocycles. The van der Waals surface area contributed by atoms with Gasteiger partial charge in [0.05, 0.1) is 4.90 Å². The number of halogens is 2. The first-order valence-electron chi connectivity index (χ1n) is 8.73. The number of nitrogens with one attached hydrogen (secondary N) is 2. The fourth-order valence-electron chi connectivity index (χ4n) is 2.85. The van der Waals surface area contributed by atoms with Gasteiger partial charge in [-0.15, -0.1) is 0 Å². The molecule has 0 saturated heterocycles. The summed E-state index contributed by atoms with van der Waals surface area (Å²) in [5.41, 5.74) is 0.643. The SMILES string of the molecule is CC(C)[C@H](N=C1NS(=O)(=O)c2ccccc21)C(=O)Nc1cccc(OC(F)F)c1. The van der Waals surface area contributed by atoms with E-state index in [0.717, 1.165) is 0 Å². The van der Waals surface area contributed by atoms with Crippen molar-refractivity contribution in [2.45, 2.75) is 31.4 Å². The molecule has 0 radical (unpaired) electrons. The second-order valence-electron chi connectivity index (χ2n) is 6.66. The van der Waals surface area contributed by atoms with Gasteiger partial charge in [0, 0.05) is 17.3 Å². The van der Waals surface area contributed by atoms with Gasteiger partial charge in [-0.05, 0) is 30.2 Å². The van der Waals surface area contributed by atoms with E-state index in [-0.39, 0.29) is 28.1 Å². The zero-order chi connectivity index (χ0) is 21.2. The van der Waals surface area contributed by atoms with Gasteiger partial charge in [-0.1, -0.05) is 32.0 Å². The molecule has 0 aliphatic carbocycles. The van der Waals surface area contributed by atoms with Crippen LogP contribution < -0.4 is 14.8 Å². The van der Waals surface area contributed by atoms with Crippen LogP contribution >= 0.6 is 0 Å². The number of nitrogens with zero attached hydrogens (tertiary/aromatic N) is 1. The smallest absolute Gasteiger partial charge is 0.387 e. The summed E-state index contributed by atoms with van der Waals surface area (Å²) in [6.45, 7) is 0.547. The lowest BCUT2D eigenvalue weighted by Gasteiger charge is -2.17. The van der Waals surface area contributed by atoms with Crippen LogP contribution in [0.15, 0.2) is 58.4 Å². The normalized spacial score (nSPS) is 17.1. The summed E-state index contributed by atoms with van der Waals surface area (Å²) in [6.07, 6.45) is 0. The first-order valence-corrected chi connectivity index (χ1v) is 10.2. The Hall–Kier alpha value is -3.01. The molecule has 2 aromatic rings. The van der Waals surface area contributed by atoms with Gasteiger partial charge in [0.2, 0.25) is 5.91 Å². The average Bonchev–Trinajstić information content (AvgIpc) is 2.90. The number of hydrogen-bond donors (Lipinski definition) is 2. The highest BCUT2D eigenvalue weighted by Crippen LogP contribution is 2.24. The van der Waals surface area contributed by atoms with E-state index in [9.17, 15) is 22.0 Å². The third-order valence-electron chi connectivity index (χ3n) is 4.16. The fraction of sp³-hybridized carbons (Fsp3) is 0.263. The molecule has 7 nitrogen and oxygen atoms in total. The number of sulfonamides is 1. The van der Waals surface area contributed by atoms with Crippen molar-refractivity contribution in [3.8, 4) is 5.75 Å². The number of hydrogen-bond acceptors (Lipinski definition) is 5. The summed E-state index contributed by atoms with van der Waals surface area (Å²) < 4.78 is 55.9. The van der Waals surface area contributed by atoms with Crippen molar-refractivity contribution >= 4 is 27.5 Å². The number of rotatable bonds is 6. The molecular formula is C19H19F2N3O4S. The standard InChI is InChI=1S/C19H19F2N3O4S/c1-11(2)16(18(25)22-12-6-5-7-13(10-12)28-19(20)21)23-17-14-8-3-4-9-15(14)29(26,27)24-17/h3-11,16,19H,1-2H3,(H,22,25)(H,23,24)/t16-/m0/s1. The third-order valence-corrected chi connectivity index (χ3v) is 5.55. The summed E-state index contributed by atoms with van der Waals surface area (Å²) in [4.78, 5) is 17.2. The van der Waals surface area contributed by atoms with Gasteiger partial charge in [0.15, 0.2) is 0 Å². The topological polar surface area (TPSA) is 96.9 Å². The molecule has 0 saturated carbocycles. The number of ether oxygens (including phenoxy) is 1. The van der Waals surface area contributed by atoms with E-state index in [0.29, 0.717) is 5.56 Å². The Bertz CT molecular complexity index is 1050. The summed E-state index contributed by atoms with van der Waals surface area (Å²) in [5, 5.41) is 2.61. The zero-order valence-corrected chi connectivity index (χ0v) is 16.4. The molecule has 1 atom stereocenters. The van der Waals surface area contributed by atoms with E-state index in [2.05, 4.69) is 19.8 Å². The van der Waals surface area contributed by atoms with Crippen LogP contribution in [0.1, 0.15) is 19.4 Å². The van der Waals surface area contributed by atoms with Crippen molar-refractivity contribution < 1.29 is 26.7 Å². The predicted molar refractivity (Wildman–Crippen MR) is 104 cm³/mol. The highest BCUT2D eigenvalue weighted by molar-refractivity contribution is 7.90. The van der Waals surface area contributed by atoms with Crippen molar-refractivity contribution in [1.29, 1.82) is 0 Å². The molecule has 2 aromatic carbocycles. The Morgan fingerprint density at radius 1 is 1.14 bits per heavy atom. The largest absolute Gasteiger partial charge is 0.435 e. The van der Waals surface area contributed by atoms with Gasteiger partial charge >= 0.3 is 6.61 Å². The highest BCUT2D eigenvalue weighted by Gasteiger charge is 2.32. The lowest BCUT2D eigenvalue weighted by Crippen LogP contribution is -2.34. The number of carbonyl (C=O) groups excluding carboxylic acids is 1. The molecule has 29 heavy (non-hydrogen) atoms. The zero-order valence-electron chi connectivity index (χ0n) is 15.6. The number of aliphatic imine (C=N–C) groups is 1. The number of benzene rings is 2. The van der Waals surface area contributed by atoms with Crippen molar-refractivity contribution in [2.75, 3.05) is 5.32 Å². The number of fused-ring (bicyclic) bond motifs is 1. The number of carbonyl (C=O) groups is 1. The van der Waals surface area contributed by atoms with Crippen LogP contribution in [-0.2, 0) is 14.8 Å². The molecule has 0 fully saturated rings. The Labute approximate surface area is 166 Å². The number of amides is 1. The van der Waals surface area contributed by atoms with Crippen LogP contribution in [0.2, 0.25) is 0 Å². The molecule has 3 rings (SSSR count). The lowest BCUT2D eigenvalue weighted by molar-refractivity contribution is -0.118. The van der Waals surface area contributed by atoms with E-state index in [1.54, 1.807) is 32.0 Å². The monoisotopic (exact) mass is 423 g/mol. The van der Waals surface area contributed by atoms with Gasteiger partial charge < -0.3 is 10.1 Å². The molecule has 1 aliphatic rings. The first-order chi connectivity index (χ1) is 13.7. The highest BCUT2D eigenvalue weighted by atomic mass is 32.2. The first kappa shape index (κ1) is 20.7. The van der Waals surface area contributed by atoms with E-state index in [4.69, 9.17) is 0 Å². The Kier molecular flexibility index (Phi) is 5.83. The molecule has 1 heterocycles. The second-order valence-corrected chi connectivity index (χ2v) is 8.31. The van der Waals surface area contributed by atoms with Gasteiger partial charge in [0.25, 0.3) is 10.0 Å².